The van der Waals surface area contributed by atoms with Crippen LogP contribution in [0.3, 0.4) is 0 Å². The number of nitrogens with two attached hydrogens (primary N) is 1. The molecule has 28 heavy (non-hydrogen) atoms. The lowest BCUT2D eigenvalue weighted by Crippen LogP contribution is -2.32. The van der Waals surface area contributed by atoms with Gasteiger partial charge in [-0.1, -0.05) is 0 Å². The van der Waals surface area contributed by atoms with E-state index in [1.807, 2.05) is 6.92 Å². The van der Waals surface area contributed by atoms with E-state index in [0.717, 1.165) is 31.7 Å². The summed E-state index contributed by atoms with van der Waals surface area (Å²) >= 11 is 0.945. The van der Waals surface area contributed by atoms with Crippen molar-refractivity contribution in [1.29, 1.82) is 0 Å². The van der Waals surface area contributed by atoms with Crippen molar-refractivity contribution in [3.63, 3.8) is 0 Å². The van der Waals surface area contributed by atoms with Crippen LogP contribution >= 0.6 is 11.9 Å². The van der Waals surface area contributed by atoms with Crippen molar-refractivity contribution < 1.29 is 18.3 Å². The van der Waals surface area contributed by atoms with Gasteiger partial charge in [0.25, 0.3) is 11.8 Å². The first kappa shape index (κ1) is 20.7. The third-order valence-corrected chi connectivity index (χ3v) is 5.18. The van der Waals surface area contributed by atoms with E-state index in [4.69, 9.17) is 9.88 Å². The Hall–Kier alpha value is -2.04. The van der Waals surface area contributed by atoms with Gasteiger partial charge < -0.3 is 10.1 Å². The molecular weight excluding hydrogens is 388 g/mol. The van der Waals surface area contributed by atoms with Crippen LogP contribution in [0.1, 0.15) is 48.4 Å². The van der Waals surface area contributed by atoms with Crippen LogP contribution in [0, 0.1) is 6.92 Å². The molecule has 3 N–H and O–H groups in total. The molecule has 152 valence electrons. The quantitative estimate of drug-likeness (QED) is 0.707. The highest BCUT2D eigenvalue weighted by atomic mass is 32.2. The number of hydrogen-bond donors (Lipinski definition) is 2. The lowest BCUT2D eigenvalue weighted by Gasteiger charge is -2.24. The van der Waals surface area contributed by atoms with Crippen LogP contribution in [-0.4, -0.2) is 32.9 Å². The van der Waals surface area contributed by atoms with Gasteiger partial charge >= 0.3 is 0 Å². The number of hydrogen-bond acceptors (Lipinski definition) is 6. The average Bonchev–Trinajstić information content (AvgIpc) is 3.18. The fraction of sp³-hybridized carbons (Fsp3) is 0.500. The molecule has 3 heterocycles. The van der Waals surface area contributed by atoms with E-state index >= 15 is 0 Å². The molecule has 1 aliphatic heterocycles. The molecule has 1 atom stereocenters. The zero-order valence-electron chi connectivity index (χ0n) is 16.0. The van der Waals surface area contributed by atoms with Gasteiger partial charge in [-0.2, -0.15) is 13.9 Å². The Morgan fingerprint density at radius 2 is 2.29 bits per heavy atom. The Balaban J connectivity index is 1.97. The molecule has 7 nitrogen and oxygen atoms in total. The van der Waals surface area contributed by atoms with Crippen LogP contribution in [0.15, 0.2) is 23.4 Å². The maximum absolute atomic E-state index is 14.0. The van der Waals surface area contributed by atoms with Crippen molar-refractivity contribution in [3.05, 3.63) is 35.3 Å². The van der Waals surface area contributed by atoms with Crippen LogP contribution < -0.4 is 10.5 Å². The summed E-state index contributed by atoms with van der Waals surface area (Å²) in [5.41, 5.74) is -0.255. The van der Waals surface area contributed by atoms with Crippen molar-refractivity contribution >= 4 is 23.5 Å². The van der Waals surface area contributed by atoms with Crippen molar-refractivity contribution in [3.8, 4) is 0 Å². The number of nitrogens with zero attached hydrogens (tertiary/aromatic N) is 3. The smallest absolute Gasteiger partial charge is 0.289 e. The molecule has 1 amide bonds. The van der Waals surface area contributed by atoms with Crippen molar-refractivity contribution in [2.24, 2.45) is 5.14 Å². The topological polar surface area (TPSA) is 95.1 Å². The van der Waals surface area contributed by atoms with E-state index in [1.54, 1.807) is 12.1 Å². The Labute approximate surface area is 166 Å². The second-order valence-electron chi connectivity index (χ2n) is 7.22. The summed E-state index contributed by atoms with van der Waals surface area (Å²) in [5, 5.41) is 12.8. The number of rotatable bonds is 6. The summed E-state index contributed by atoms with van der Waals surface area (Å²) in [6, 6.07) is 3.21. The molecule has 0 spiro atoms. The third-order valence-electron chi connectivity index (χ3n) is 4.72. The highest BCUT2D eigenvalue weighted by Crippen LogP contribution is 2.33. The standard InChI is InChI=1S/C18H23F2N5O2S/c1-11-14(16(26)23-12-5-7-22-13(9-12)28-21)25(24-15(11)18(3,19)20)10-17(2)6-4-8-27-17/h5,7,9H,4,6,8,10,21H2,1-3H3,(H,22,23,26). The molecule has 2 aromatic heterocycles. The zero-order valence-corrected chi connectivity index (χ0v) is 16.8. The molecule has 1 unspecified atom stereocenters. The maximum atomic E-state index is 14.0. The summed E-state index contributed by atoms with van der Waals surface area (Å²) in [7, 11) is 0. The largest absolute Gasteiger partial charge is 0.373 e. The van der Waals surface area contributed by atoms with E-state index in [0.29, 0.717) is 17.3 Å². The van der Waals surface area contributed by atoms with Gasteiger partial charge in [0.1, 0.15) is 16.4 Å². The lowest BCUT2D eigenvalue weighted by atomic mass is 10.0. The lowest BCUT2D eigenvalue weighted by molar-refractivity contribution is -0.00166. The van der Waals surface area contributed by atoms with E-state index in [9.17, 15) is 13.6 Å². The Bertz CT molecular complexity index is 875. The number of pyridine rings is 1. The zero-order chi connectivity index (χ0) is 20.5. The summed E-state index contributed by atoms with van der Waals surface area (Å²) in [5.74, 6) is -3.69. The van der Waals surface area contributed by atoms with Gasteiger partial charge in [-0.3, -0.25) is 14.6 Å². The first-order valence-corrected chi connectivity index (χ1v) is 9.75. The highest BCUT2D eigenvalue weighted by Gasteiger charge is 2.37. The van der Waals surface area contributed by atoms with Gasteiger partial charge in [0.15, 0.2) is 0 Å². The second kappa shape index (κ2) is 7.76. The van der Waals surface area contributed by atoms with Gasteiger partial charge in [0.05, 0.1) is 12.1 Å². The second-order valence-corrected chi connectivity index (χ2v) is 7.88. The number of aromatic nitrogens is 3. The Kier molecular flexibility index (Phi) is 5.74. The Morgan fingerprint density at radius 1 is 1.54 bits per heavy atom. The van der Waals surface area contributed by atoms with Crippen LogP contribution in [0.25, 0.3) is 0 Å². The molecule has 1 fully saturated rings. The normalized spacial score (nSPS) is 19.8. The molecule has 0 aromatic carbocycles. The SMILES string of the molecule is Cc1c(C(C)(F)F)nn(CC2(C)CCCO2)c1C(=O)Nc1ccnc(SN)c1. The fourth-order valence-corrected chi connectivity index (χ4v) is 3.71. The molecule has 0 bridgehead atoms. The molecule has 10 heteroatoms. The molecule has 0 saturated carbocycles. The van der Waals surface area contributed by atoms with E-state index in [-0.39, 0.29) is 17.8 Å². The molecule has 2 aromatic rings. The number of anilines is 1. The van der Waals surface area contributed by atoms with Gasteiger partial charge in [-0.15, -0.1) is 0 Å². The van der Waals surface area contributed by atoms with Gasteiger partial charge in [0, 0.05) is 31.0 Å². The number of ether oxygens (including phenoxy) is 1. The maximum Gasteiger partial charge on any atom is 0.289 e. The summed E-state index contributed by atoms with van der Waals surface area (Å²) in [6.45, 7) is 4.97. The molecule has 1 aliphatic rings. The van der Waals surface area contributed by atoms with E-state index in [1.165, 1.54) is 17.8 Å². The number of carbonyl (C=O) groups is 1. The minimum absolute atomic E-state index is 0.0898. The van der Waals surface area contributed by atoms with Gasteiger partial charge in [-0.25, -0.2) is 4.98 Å². The predicted molar refractivity (Wildman–Crippen MR) is 102 cm³/mol. The van der Waals surface area contributed by atoms with Crippen LogP contribution in [0.2, 0.25) is 0 Å². The number of alkyl halides is 2. The molecule has 0 radical (unpaired) electrons. The predicted octanol–water partition coefficient (Wildman–Crippen LogP) is 3.49. The van der Waals surface area contributed by atoms with E-state index in [2.05, 4.69) is 15.4 Å². The first-order valence-electron chi connectivity index (χ1n) is 8.87. The third kappa shape index (κ3) is 4.34. The van der Waals surface area contributed by atoms with Crippen LogP contribution in [-0.2, 0) is 17.2 Å². The number of halogens is 2. The monoisotopic (exact) mass is 411 g/mol. The minimum Gasteiger partial charge on any atom is -0.373 e. The number of nitrogens with one attached hydrogen (secondary N) is 1. The van der Waals surface area contributed by atoms with Crippen LogP contribution in [0.4, 0.5) is 14.5 Å². The first-order chi connectivity index (χ1) is 13.1. The molecule has 3 rings (SSSR count). The van der Waals surface area contributed by atoms with Gasteiger partial charge in [-0.05, 0) is 50.8 Å². The van der Waals surface area contributed by atoms with Crippen molar-refractivity contribution in [2.75, 3.05) is 11.9 Å². The van der Waals surface area contributed by atoms with Crippen LogP contribution in [0.5, 0.6) is 0 Å². The average molecular weight is 411 g/mol. The van der Waals surface area contributed by atoms with Crippen molar-refractivity contribution in [1.82, 2.24) is 14.8 Å². The summed E-state index contributed by atoms with van der Waals surface area (Å²) in [4.78, 5) is 17.0. The van der Waals surface area contributed by atoms with Gasteiger partial charge in [0.2, 0.25) is 0 Å². The van der Waals surface area contributed by atoms with Crippen molar-refractivity contribution in [2.45, 2.75) is 56.7 Å². The minimum atomic E-state index is -3.16. The number of carbonyl (C=O) groups excluding carboxylic acids is 1. The fourth-order valence-electron chi connectivity index (χ4n) is 3.39. The molecule has 0 aliphatic carbocycles. The Morgan fingerprint density at radius 3 is 2.89 bits per heavy atom. The number of amides is 1. The van der Waals surface area contributed by atoms with E-state index < -0.39 is 23.1 Å². The summed E-state index contributed by atoms with van der Waals surface area (Å²) < 4.78 is 35.2. The molecule has 1 saturated heterocycles. The summed E-state index contributed by atoms with van der Waals surface area (Å²) in [6.07, 6.45) is 3.16. The highest BCUT2D eigenvalue weighted by molar-refractivity contribution is 7.97. The molecular formula is C18H23F2N5O2S.